The van der Waals surface area contributed by atoms with Gasteiger partial charge in [0, 0.05) is 5.69 Å². The van der Waals surface area contributed by atoms with Gasteiger partial charge in [0.2, 0.25) is 5.78 Å². The smallest absolute Gasteiger partial charge is 0.340 e. The molecule has 0 aliphatic carbocycles. The molecule has 0 bridgehead atoms. The predicted molar refractivity (Wildman–Crippen MR) is 112 cm³/mol. The van der Waals surface area contributed by atoms with Gasteiger partial charge in [0.05, 0.1) is 30.0 Å². The SMILES string of the molecule is CCOC(=O)c1c(C)[nH]c(C(=O)[C@@H](C)OC(=O)c2ccc(OCC(C)C)cc2)c1C. The lowest BCUT2D eigenvalue weighted by Gasteiger charge is -2.13. The number of aromatic nitrogens is 1. The molecule has 1 atom stereocenters. The van der Waals surface area contributed by atoms with Crippen LogP contribution in [-0.4, -0.2) is 42.0 Å². The molecule has 0 radical (unpaired) electrons. The van der Waals surface area contributed by atoms with Gasteiger partial charge in [-0.05, 0) is 63.4 Å². The Morgan fingerprint density at radius 3 is 2.20 bits per heavy atom. The number of esters is 2. The molecule has 0 aliphatic heterocycles. The molecule has 162 valence electrons. The maximum atomic E-state index is 12.8. The second-order valence-corrected chi connectivity index (χ2v) is 7.49. The van der Waals surface area contributed by atoms with E-state index in [0.29, 0.717) is 40.7 Å². The third kappa shape index (κ3) is 5.49. The number of nitrogens with one attached hydrogen (secondary N) is 1. The van der Waals surface area contributed by atoms with Crippen molar-refractivity contribution >= 4 is 17.7 Å². The van der Waals surface area contributed by atoms with Gasteiger partial charge in [-0.3, -0.25) is 4.79 Å². The molecule has 0 aliphatic rings. The number of H-pyrrole nitrogens is 1. The molecule has 2 rings (SSSR count). The Bertz CT molecular complexity index is 911. The summed E-state index contributed by atoms with van der Waals surface area (Å²) in [4.78, 5) is 40.3. The van der Waals surface area contributed by atoms with Crippen LogP contribution in [0.1, 0.15) is 70.2 Å². The second kappa shape index (κ2) is 10.1. The number of benzene rings is 1. The van der Waals surface area contributed by atoms with Gasteiger partial charge in [-0.15, -0.1) is 0 Å². The Morgan fingerprint density at radius 1 is 1.00 bits per heavy atom. The van der Waals surface area contributed by atoms with Crippen LogP contribution in [0.2, 0.25) is 0 Å². The third-order valence-electron chi connectivity index (χ3n) is 4.49. The van der Waals surface area contributed by atoms with Crippen molar-refractivity contribution < 1.29 is 28.6 Å². The summed E-state index contributed by atoms with van der Waals surface area (Å²) in [5.74, 6) is -0.472. The van der Waals surface area contributed by atoms with E-state index in [4.69, 9.17) is 14.2 Å². The van der Waals surface area contributed by atoms with E-state index in [1.165, 1.54) is 6.92 Å². The Balaban J connectivity index is 2.08. The van der Waals surface area contributed by atoms with Crippen molar-refractivity contribution in [2.75, 3.05) is 13.2 Å². The van der Waals surface area contributed by atoms with E-state index in [1.807, 2.05) is 13.8 Å². The average Bonchev–Trinajstić information content (AvgIpc) is 3.00. The Hall–Kier alpha value is -3.09. The lowest BCUT2D eigenvalue weighted by Crippen LogP contribution is -2.25. The highest BCUT2D eigenvalue weighted by Gasteiger charge is 2.27. The lowest BCUT2D eigenvalue weighted by molar-refractivity contribution is 0.0316. The van der Waals surface area contributed by atoms with Crippen LogP contribution >= 0.6 is 0 Å². The minimum atomic E-state index is -1.03. The third-order valence-corrected chi connectivity index (χ3v) is 4.49. The van der Waals surface area contributed by atoms with Crippen LogP contribution < -0.4 is 4.74 Å². The van der Waals surface area contributed by atoms with Crippen molar-refractivity contribution in [1.82, 2.24) is 4.98 Å². The number of aromatic amines is 1. The van der Waals surface area contributed by atoms with Gasteiger partial charge in [-0.25, -0.2) is 9.59 Å². The molecule has 0 saturated heterocycles. The first-order valence-electron chi connectivity index (χ1n) is 10.00. The minimum Gasteiger partial charge on any atom is -0.493 e. The number of rotatable bonds is 9. The summed E-state index contributed by atoms with van der Waals surface area (Å²) >= 11 is 0. The fraction of sp³-hybridized carbons (Fsp3) is 0.435. The predicted octanol–water partition coefficient (Wildman–Crippen LogP) is 4.27. The highest BCUT2D eigenvalue weighted by molar-refractivity contribution is 6.04. The largest absolute Gasteiger partial charge is 0.493 e. The Kier molecular flexibility index (Phi) is 7.80. The van der Waals surface area contributed by atoms with Crippen molar-refractivity contribution in [3.8, 4) is 5.75 Å². The number of ether oxygens (including phenoxy) is 3. The van der Waals surface area contributed by atoms with Crippen LogP contribution in [0.25, 0.3) is 0 Å². The molecule has 1 aromatic carbocycles. The van der Waals surface area contributed by atoms with Gasteiger partial charge in [-0.1, -0.05) is 13.8 Å². The molecule has 1 aromatic heterocycles. The quantitative estimate of drug-likeness (QED) is 0.485. The molecular weight excluding hydrogens is 386 g/mol. The zero-order chi connectivity index (χ0) is 22.4. The summed E-state index contributed by atoms with van der Waals surface area (Å²) in [6.45, 7) is 11.5. The molecule has 0 fully saturated rings. The van der Waals surface area contributed by atoms with Gasteiger partial charge in [0.15, 0.2) is 6.10 Å². The van der Waals surface area contributed by atoms with Crippen LogP contribution in [0, 0.1) is 19.8 Å². The van der Waals surface area contributed by atoms with Crippen LogP contribution in [0.15, 0.2) is 24.3 Å². The van der Waals surface area contributed by atoms with E-state index in [0.717, 1.165) is 0 Å². The molecule has 7 heteroatoms. The summed E-state index contributed by atoms with van der Waals surface area (Å²) in [5, 5.41) is 0. The van der Waals surface area contributed by atoms with E-state index in [2.05, 4.69) is 4.98 Å². The number of carbonyl (C=O) groups is 3. The van der Waals surface area contributed by atoms with E-state index in [1.54, 1.807) is 45.0 Å². The molecule has 0 amide bonds. The van der Waals surface area contributed by atoms with Crippen molar-refractivity contribution in [2.45, 2.75) is 47.6 Å². The summed E-state index contributed by atoms with van der Waals surface area (Å²) < 4.78 is 16.0. The zero-order valence-corrected chi connectivity index (χ0v) is 18.3. The number of hydrogen-bond acceptors (Lipinski definition) is 6. The minimum absolute atomic E-state index is 0.230. The first-order chi connectivity index (χ1) is 14.1. The highest BCUT2D eigenvalue weighted by atomic mass is 16.5. The number of Topliss-reactive ketones (excluding diaryl/α,β-unsaturated/α-hetero) is 1. The summed E-state index contributed by atoms with van der Waals surface area (Å²) in [6.07, 6.45) is -1.03. The van der Waals surface area contributed by atoms with Crippen LogP contribution in [0.3, 0.4) is 0 Å². The standard InChI is InChI=1S/C23H29NO6/c1-7-28-23(27)19-14(4)20(24-15(19)5)21(25)16(6)30-22(26)17-8-10-18(11-9-17)29-12-13(2)3/h8-11,13,16,24H,7,12H2,1-6H3/t16-/m1/s1. The topological polar surface area (TPSA) is 94.7 Å². The van der Waals surface area contributed by atoms with E-state index >= 15 is 0 Å². The van der Waals surface area contributed by atoms with E-state index < -0.39 is 23.8 Å². The molecule has 0 saturated carbocycles. The van der Waals surface area contributed by atoms with Crippen molar-refractivity contribution in [2.24, 2.45) is 5.92 Å². The fourth-order valence-corrected chi connectivity index (χ4v) is 2.94. The molecule has 1 N–H and O–H groups in total. The molecule has 7 nitrogen and oxygen atoms in total. The van der Waals surface area contributed by atoms with Gasteiger partial charge >= 0.3 is 11.9 Å². The molecule has 0 spiro atoms. The summed E-state index contributed by atoms with van der Waals surface area (Å²) in [6, 6.07) is 6.57. The monoisotopic (exact) mass is 415 g/mol. The van der Waals surface area contributed by atoms with Crippen LogP contribution in [-0.2, 0) is 9.47 Å². The Labute approximate surface area is 176 Å². The van der Waals surface area contributed by atoms with Crippen LogP contribution in [0.4, 0.5) is 0 Å². The van der Waals surface area contributed by atoms with Crippen molar-refractivity contribution in [3.63, 3.8) is 0 Å². The lowest BCUT2D eigenvalue weighted by atomic mass is 10.1. The van der Waals surface area contributed by atoms with Crippen molar-refractivity contribution in [3.05, 3.63) is 52.3 Å². The van der Waals surface area contributed by atoms with Gasteiger partial charge in [0.1, 0.15) is 5.75 Å². The normalized spacial score (nSPS) is 11.8. The number of aryl methyl sites for hydroxylation is 1. The second-order valence-electron chi connectivity index (χ2n) is 7.49. The van der Waals surface area contributed by atoms with Crippen LogP contribution in [0.5, 0.6) is 5.75 Å². The maximum absolute atomic E-state index is 12.8. The maximum Gasteiger partial charge on any atom is 0.340 e. The number of hydrogen-bond donors (Lipinski definition) is 1. The first-order valence-corrected chi connectivity index (χ1v) is 10.00. The number of ketones is 1. The van der Waals surface area contributed by atoms with Gasteiger partial charge in [-0.2, -0.15) is 0 Å². The summed E-state index contributed by atoms with van der Waals surface area (Å²) in [7, 11) is 0. The van der Waals surface area contributed by atoms with Gasteiger partial charge in [0.25, 0.3) is 0 Å². The zero-order valence-electron chi connectivity index (χ0n) is 18.3. The molecular formula is C23H29NO6. The molecule has 1 heterocycles. The average molecular weight is 415 g/mol. The highest BCUT2D eigenvalue weighted by Crippen LogP contribution is 2.21. The summed E-state index contributed by atoms with van der Waals surface area (Å²) in [5.41, 5.74) is 1.89. The van der Waals surface area contributed by atoms with Gasteiger partial charge < -0.3 is 19.2 Å². The number of carbonyl (C=O) groups excluding carboxylic acids is 3. The Morgan fingerprint density at radius 2 is 1.63 bits per heavy atom. The first kappa shape index (κ1) is 23.2. The fourth-order valence-electron chi connectivity index (χ4n) is 2.94. The molecule has 0 unspecified atom stereocenters. The van der Waals surface area contributed by atoms with E-state index in [9.17, 15) is 14.4 Å². The van der Waals surface area contributed by atoms with Crippen molar-refractivity contribution in [1.29, 1.82) is 0 Å². The molecule has 30 heavy (non-hydrogen) atoms. The molecule has 2 aromatic rings. The van der Waals surface area contributed by atoms with E-state index in [-0.39, 0.29) is 12.3 Å².